The maximum absolute atomic E-state index is 12.2. The number of rotatable bonds is 7. The van der Waals surface area contributed by atoms with Crippen molar-refractivity contribution < 1.29 is 9.59 Å². The normalized spacial score (nSPS) is 13.5. The Kier molecular flexibility index (Phi) is 5.09. The molecule has 2 aromatic rings. The van der Waals surface area contributed by atoms with Crippen LogP contribution in [0.4, 0.5) is 5.69 Å². The second-order valence-electron chi connectivity index (χ2n) is 5.41. The SMILES string of the molecule is CCn1nnnc1SCC(=O)Nc1ccccc1C(=O)NC1CC1. The van der Waals surface area contributed by atoms with Crippen molar-refractivity contribution in [2.45, 2.75) is 37.5 Å². The van der Waals surface area contributed by atoms with E-state index in [-0.39, 0.29) is 23.6 Å². The first-order valence-electron chi connectivity index (χ1n) is 7.76. The molecule has 3 rings (SSSR count). The number of carbonyl (C=O) groups is 2. The number of tetrazole rings is 1. The number of amides is 2. The lowest BCUT2D eigenvalue weighted by Crippen LogP contribution is -2.27. The van der Waals surface area contributed by atoms with E-state index in [1.54, 1.807) is 28.9 Å². The fraction of sp³-hybridized carbons (Fsp3) is 0.400. The first kappa shape index (κ1) is 16.4. The Labute approximate surface area is 143 Å². The van der Waals surface area contributed by atoms with Gasteiger partial charge in [-0.15, -0.1) is 5.10 Å². The molecule has 2 N–H and O–H groups in total. The second kappa shape index (κ2) is 7.43. The molecule has 1 saturated carbocycles. The quantitative estimate of drug-likeness (QED) is 0.733. The summed E-state index contributed by atoms with van der Waals surface area (Å²) >= 11 is 1.25. The van der Waals surface area contributed by atoms with Crippen molar-refractivity contribution in [2.75, 3.05) is 11.1 Å². The molecule has 8 nitrogen and oxygen atoms in total. The highest BCUT2D eigenvalue weighted by Crippen LogP contribution is 2.22. The van der Waals surface area contributed by atoms with Crippen LogP contribution in [0.15, 0.2) is 29.4 Å². The van der Waals surface area contributed by atoms with E-state index in [1.165, 1.54) is 11.8 Å². The summed E-state index contributed by atoms with van der Waals surface area (Å²) in [5.41, 5.74) is 0.984. The van der Waals surface area contributed by atoms with E-state index in [0.717, 1.165) is 12.8 Å². The number of benzene rings is 1. The Hall–Kier alpha value is -2.42. The summed E-state index contributed by atoms with van der Waals surface area (Å²) in [6.07, 6.45) is 2.03. The third-order valence-corrected chi connectivity index (χ3v) is 4.45. The van der Waals surface area contributed by atoms with Crippen LogP contribution in [0.1, 0.15) is 30.1 Å². The standard InChI is InChI=1S/C15H18N6O2S/c1-2-21-15(18-19-20-21)24-9-13(22)17-12-6-4-3-5-11(12)14(23)16-10-7-8-10/h3-6,10H,2,7-9H2,1H3,(H,16,23)(H,17,22). The number of aryl methyl sites for hydroxylation is 1. The van der Waals surface area contributed by atoms with Crippen LogP contribution in [0.5, 0.6) is 0 Å². The van der Waals surface area contributed by atoms with Crippen LogP contribution in [0.25, 0.3) is 0 Å². The highest BCUT2D eigenvalue weighted by molar-refractivity contribution is 7.99. The maximum atomic E-state index is 12.2. The van der Waals surface area contributed by atoms with Crippen LogP contribution in [0, 0.1) is 0 Å². The largest absolute Gasteiger partial charge is 0.349 e. The van der Waals surface area contributed by atoms with E-state index in [4.69, 9.17) is 0 Å². The first-order chi connectivity index (χ1) is 11.7. The maximum Gasteiger partial charge on any atom is 0.253 e. The molecule has 1 aromatic heterocycles. The van der Waals surface area contributed by atoms with E-state index in [0.29, 0.717) is 23.0 Å². The summed E-state index contributed by atoms with van der Waals surface area (Å²) in [7, 11) is 0. The molecule has 0 radical (unpaired) electrons. The molecule has 1 heterocycles. The summed E-state index contributed by atoms with van der Waals surface area (Å²) in [5.74, 6) is -0.202. The molecule has 1 aliphatic carbocycles. The molecular weight excluding hydrogens is 328 g/mol. The molecule has 0 spiro atoms. The number of aromatic nitrogens is 4. The number of nitrogens with one attached hydrogen (secondary N) is 2. The van der Waals surface area contributed by atoms with Crippen LogP contribution in [-0.2, 0) is 11.3 Å². The lowest BCUT2D eigenvalue weighted by atomic mass is 10.1. The summed E-state index contributed by atoms with van der Waals surface area (Å²) in [5, 5.41) is 17.6. The predicted octanol–water partition coefficient (Wildman–Crippen LogP) is 1.32. The van der Waals surface area contributed by atoms with E-state index >= 15 is 0 Å². The minimum atomic E-state index is -0.211. The lowest BCUT2D eigenvalue weighted by Gasteiger charge is -2.11. The van der Waals surface area contributed by atoms with Crippen LogP contribution in [0.2, 0.25) is 0 Å². The van der Waals surface area contributed by atoms with E-state index in [9.17, 15) is 9.59 Å². The molecule has 0 saturated heterocycles. The number of thioether (sulfide) groups is 1. The van der Waals surface area contributed by atoms with Crippen molar-refractivity contribution >= 4 is 29.3 Å². The van der Waals surface area contributed by atoms with Crippen molar-refractivity contribution in [3.63, 3.8) is 0 Å². The van der Waals surface area contributed by atoms with Gasteiger partial charge in [0.2, 0.25) is 11.1 Å². The Morgan fingerprint density at radius 3 is 2.88 bits per heavy atom. The van der Waals surface area contributed by atoms with Gasteiger partial charge >= 0.3 is 0 Å². The minimum Gasteiger partial charge on any atom is -0.349 e. The Morgan fingerprint density at radius 2 is 2.12 bits per heavy atom. The molecule has 126 valence electrons. The van der Waals surface area contributed by atoms with Crippen LogP contribution < -0.4 is 10.6 Å². The number of carbonyl (C=O) groups excluding carboxylic acids is 2. The zero-order valence-electron chi connectivity index (χ0n) is 13.2. The minimum absolute atomic E-state index is 0.157. The second-order valence-corrected chi connectivity index (χ2v) is 6.35. The summed E-state index contributed by atoms with van der Waals surface area (Å²) in [6.45, 7) is 2.57. The van der Waals surface area contributed by atoms with Crippen molar-refractivity contribution in [2.24, 2.45) is 0 Å². The Bertz CT molecular complexity index is 743. The van der Waals surface area contributed by atoms with Gasteiger partial charge in [0, 0.05) is 12.6 Å². The highest BCUT2D eigenvalue weighted by atomic mass is 32.2. The van der Waals surface area contributed by atoms with Crippen molar-refractivity contribution in [1.29, 1.82) is 0 Å². The average molecular weight is 346 g/mol. The average Bonchev–Trinajstić information content (AvgIpc) is 3.27. The van der Waals surface area contributed by atoms with Crippen molar-refractivity contribution in [3.05, 3.63) is 29.8 Å². The third-order valence-electron chi connectivity index (χ3n) is 3.49. The van der Waals surface area contributed by atoms with Gasteiger partial charge in [-0.05, 0) is 42.3 Å². The molecule has 1 fully saturated rings. The fourth-order valence-electron chi connectivity index (χ4n) is 2.10. The topological polar surface area (TPSA) is 102 Å². The number of hydrogen-bond donors (Lipinski definition) is 2. The van der Waals surface area contributed by atoms with Crippen LogP contribution >= 0.6 is 11.8 Å². The summed E-state index contributed by atoms with van der Waals surface area (Å²) < 4.78 is 1.62. The van der Waals surface area contributed by atoms with E-state index in [2.05, 4.69) is 26.2 Å². The predicted molar refractivity (Wildman–Crippen MR) is 89.8 cm³/mol. The number of para-hydroxylation sites is 1. The van der Waals surface area contributed by atoms with Gasteiger partial charge in [-0.3, -0.25) is 9.59 Å². The lowest BCUT2D eigenvalue weighted by molar-refractivity contribution is -0.113. The first-order valence-corrected chi connectivity index (χ1v) is 8.74. The summed E-state index contributed by atoms with van der Waals surface area (Å²) in [4.78, 5) is 24.4. The number of anilines is 1. The van der Waals surface area contributed by atoms with Gasteiger partial charge in [-0.25, -0.2) is 4.68 Å². The molecule has 0 atom stereocenters. The molecule has 0 unspecified atom stereocenters. The third kappa shape index (κ3) is 4.10. The monoisotopic (exact) mass is 346 g/mol. The fourth-order valence-corrected chi connectivity index (χ4v) is 2.84. The highest BCUT2D eigenvalue weighted by Gasteiger charge is 2.25. The van der Waals surface area contributed by atoms with Crippen molar-refractivity contribution in [1.82, 2.24) is 25.5 Å². The van der Waals surface area contributed by atoms with Crippen LogP contribution in [-0.4, -0.2) is 43.8 Å². The molecule has 24 heavy (non-hydrogen) atoms. The van der Waals surface area contributed by atoms with Crippen molar-refractivity contribution in [3.8, 4) is 0 Å². The smallest absolute Gasteiger partial charge is 0.253 e. The molecular formula is C15H18N6O2S. The molecule has 2 amide bonds. The zero-order valence-corrected chi connectivity index (χ0v) is 14.0. The van der Waals surface area contributed by atoms with Gasteiger partial charge in [0.1, 0.15) is 0 Å². The zero-order chi connectivity index (χ0) is 16.9. The van der Waals surface area contributed by atoms with E-state index < -0.39 is 0 Å². The molecule has 1 aliphatic rings. The number of hydrogen-bond acceptors (Lipinski definition) is 6. The molecule has 1 aromatic carbocycles. The molecule has 0 bridgehead atoms. The van der Waals surface area contributed by atoms with Gasteiger partial charge in [0.15, 0.2) is 0 Å². The van der Waals surface area contributed by atoms with Gasteiger partial charge in [0.25, 0.3) is 5.91 Å². The van der Waals surface area contributed by atoms with E-state index in [1.807, 2.05) is 6.92 Å². The number of nitrogens with zero attached hydrogens (tertiary/aromatic N) is 4. The van der Waals surface area contributed by atoms with Crippen LogP contribution in [0.3, 0.4) is 0 Å². The van der Waals surface area contributed by atoms with Gasteiger partial charge in [-0.1, -0.05) is 23.9 Å². The van der Waals surface area contributed by atoms with Gasteiger partial charge in [0.05, 0.1) is 17.0 Å². The van der Waals surface area contributed by atoms with Gasteiger partial charge < -0.3 is 10.6 Å². The Morgan fingerprint density at radius 1 is 1.33 bits per heavy atom. The molecule has 0 aliphatic heterocycles. The summed E-state index contributed by atoms with van der Waals surface area (Å²) in [6, 6.07) is 7.26. The molecule has 9 heteroatoms. The van der Waals surface area contributed by atoms with Gasteiger partial charge in [-0.2, -0.15) is 0 Å². The Balaban J connectivity index is 1.60.